The van der Waals surface area contributed by atoms with Gasteiger partial charge < -0.3 is 29.9 Å². The molecule has 9 heteroatoms. The van der Waals surface area contributed by atoms with Gasteiger partial charge in [-0.25, -0.2) is 0 Å². The van der Waals surface area contributed by atoms with E-state index in [4.69, 9.17) is 5.11 Å². The summed E-state index contributed by atoms with van der Waals surface area (Å²) in [6, 6.07) is 0. The van der Waals surface area contributed by atoms with Crippen molar-refractivity contribution in [3.05, 3.63) is 12.2 Å². The van der Waals surface area contributed by atoms with Crippen LogP contribution < -0.4 is 29.3 Å². The molecule has 144 valence electrons. The van der Waals surface area contributed by atoms with Crippen molar-refractivity contribution >= 4 is 17.8 Å². The van der Waals surface area contributed by atoms with Gasteiger partial charge in [-0.05, 0) is 12.5 Å². The van der Waals surface area contributed by atoms with Gasteiger partial charge >= 0.3 is 24.8 Å². The Morgan fingerprint density at radius 1 is 1.12 bits per heavy atom. The molecule has 0 heterocycles. The normalized spacial score (nSPS) is 13.0. The van der Waals surface area contributed by atoms with E-state index in [2.05, 4.69) is 12.2 Å². The first kappa shape index (κ1) is 26.9. The number of hydrogen-bond donors (Lipinski definition) is 3. The Bertz CT molecular complexity index is 439. The second-order valence-corrected chi connectivity index (χ2v) is 6.06. The Morgan fingerprint density at radius 3 is 2.31 bits per heavy atom. The summed E-state index contributed by atoms with van der Waals surface area (Å²) in [5, 5.41) is 31.7. The number of carbonyl (C=O) groups is 3. The summed E-state index contributed by atoms with van der Waals surface area (Å²) in [5.74, 6) is -2.45. The van der Waals surface area contributed by atoms with Crippen LogP contribution in [0.3, 0.4) is 0 Å². The van der Waals surface area contributed by atoms with Gasteiger partial charge in [0.15, 0.2) is 0 Å². The third-order valence-corrected chi connectivity index (χ3v) is 4.04. The fourth-order valence-electron chi connectivity index (χ4n) is 2.53. The minimum atomic E-state index is -1.22. The van der Waals surface area contributed by atoms with Crippen LogP contribution >= 0.6 is 0 Å². The number of allylic oxidation sites excluding steroid dienone is 1. The molecule has 1 atom stereocenters. The van der Waals surface area contributed by atoms with Crippen LogP contribution in [0, 0.1) is 0 Å². The number of rotatable bonds is 15. The van der Waals surface area contributed by atoms with Crippen LogP contribution in [0.25, 0.3) is 0 Å². The average molecular weight is 365 g/mol. The summed E-state index contributed by atoms with van der Waals surface area (Å²) in [6.07, 6.45) is 5.79. The SMILES string of the molecule is CCCC/C=C/C(=O)NCC[N+](CCO)(CCC(=O)[O-])CCC(=O)O.[Li+]. The maximum absolute atomic E-state index is 11.7. The molecule has 0 fully saturated rings. The minimum Gasteiger partial charge on any atom is -0.550 e. The van der Waals surface area contributed by atoms with Crippen molar-refractivity contribution in [1.82, 2.24) is 5.32 Å². The molecular formula is C17H30LiN2O6+. The van der Waals surface area contributed by atoms with Gasteiger partial charge in [-0.3, -0.25) is 9.59 Å². The van der Waals surface area contributed by atoms with Gasteiger partial charge in [0.2, 0.25) is 5.91 Å². The van der Waals surface area contributed by atoms with Gasteiger partial charge in [0, 0.05) is 12.4 Å². The number of nitrogens with one attached hydrogen (secondary N) is 1. The number of aliphatic hydroxyl groups is 1. The van der Waals surface area contributed by atoms with Crippen molar-refractivity contribution in [2.75, 3.05) is 39.3 Å². The van der Waals surface area contributed by atoms with Crippen LogP contribution in [0.4, 0.5) is 0 Å². The topological polar surface area (TPSA) is 127 Å². The third-order valence-electron chi connectivity index (χ3n) is 4.04. The molecule has 26 heavy (non-hydrogen) atoms. The molecule has 0 aliphatic carbocycles. The Balaban J connectivity index is 0. The van der Waals surface area contributed by atoms with Crippen LogP contribution in [-0.4, -0.2) is 71.9 Å². The zero-order valence-electron chi connectivity index (χ0n) is 15.9. The summed E-state index contributed by atoms with van der Waals surface area (Å²) in [5.41, 5.74) is 0. The molecule has 0 aromatic carbocycles. The fourth-order valence-corrected chi connectivity index (χ4v) is 2.53. The number of quaternary nitrogens is 1. The number of unbranched alkanes of at least 4 members (excludes halogenated alkanes) is 2. The number of hydrogen-bond acceptors (Lipinski definition) is 5. The molecule has 0 rings (SSSR count). The van der Waals surface area contributed by atoms with Crippen molar-refractivity contribution in [2.24, 2.45) is 0 Å². The Labute approximate surface area is 167 Å². The van der Waals surface area contributed by atoms with Crippen LogP contribution in [0.1, 0.15) is 39.0 Å². The molecule has 0 aromatic rings. The van der Waals surface area contributed by atoms with Crippen LogP contribution in [0.5, 0.6) is 0 Å². The summed E-state index contributed by atoms with van der Waals surface area (Å²) in [4.78, 5) is 33.4. The number of amides is 1. The molecule has 1 amide bonds. The van der Waals surface area contributed by atoms with Gasteiger partial charge in [-0.2, -0.15) is 0 Å². The number of carbonyl (C=O) groups excluding carboxylic acids is 2. The number of aliphatic hydroxyl groups excluding tert-OH is 1. The summed E-state index contributed by atoms with van der Waals surface area (Å²) in [7, 11) is 0. The molecule has 8 nitrogen and oxygen atoms in total. The summed E-state index contributed by atoms with van der Waals surface area (Å²) < 4.78 is 0.108. The van der Waals surface area contributed by atoms with E-state index in [9.17, 15) is 24.6 Å². The first-order chi connectivity index (χ1) is 11.8. The average Bonchev–Trinajstić information content (AvgIpc) is 2.55. The van der Waals surface area contributed by atoms with Crippen molar-refractivity contribution < 1.29 is 53.0 Å². The zero-order chi connectivity index (χ0) is 19.1. The van der Waals surface area contributed by atoms with E-state index in [1.165, 1.54) is 6.08 Å². The molecular weight excluding hydrogens is 335 g/mol. The first-order valence-corrected chi connectivity index (χ1v) is 8.67. The monoisotopic (exact) mass is 365 g/mol. The molecule has 0 radical (unpaired) electrons. The Kier molecular flexibility index (Phi) is 16.4. The van der Waals surface area contributed by atoms with E-state index in [1.807, 2.05) is 0 Å². The van der Waals surface area contributed by atoms with Gasteiger partial charge in [0.1, 0.15) is 6.54 Å². The standard InChI is InChI=1S/C17H30N2O6.Li/c1-2-3-4-5-6-15(21)18-9-12-19(13-14-20,10-7-16(22)23)11-8-17(24)25;/h5-6,20H,2-4,7-14H2,1H3,(H2-,18,21,22,23,24,25);/q;+1/b6-5+;. The minimum absolute atomic E-state index is 0. The van der Waals surface area contributed by atoms with Gasteiger partial charge in [-0.15, -0.1) is 0 Å². The molecule has 0 spiro atoms. The zero-order valence-corrected chi connectivity index (χ0v) is 15.9. The van der Waals surface area contributed by atoms with E-state index >= 15 is 0 Å². The number of aliphatic carboxylic acids is 2. The molecule has 0 bridgehead atoms. The first-order valence-electron chi connectivity index (χ1n) is 8.67. The number of nitrogens with zero attached hydrogens (tertiary/aromatic N) is 1. The number of carboxylic acid groups (broad SMARTS) is 2. The predicted octanol–water partition coefficient (Wildman–Crippen LogP) is -3.72. The third kappa shape index (κ3) is 13.9. The maximum atomic E-state index is 11.7. The summed E-state index contributed by atoms with van der Waals surface area (Å²) in [6.45, 7) is 3.04. The van der Waals surface area contributed by atoms with Crippen molar-refractivity contribution in [3.8, 4) is 0 Å². The van der Waals surface area contributed by atoms with E-state index in [1.54, 1.807) is 6.08 Å². The molecule has 0 aromatic heterocycles. The van der Waals surface area contributed by atoms with Crippen molar-refractivity contribution in [1.29, 1.82) is 0 Å². The fraction of sp³-hybridized carbons (Fsp3) is 0.706. The van der Waals surface area contributed by atoms with Crippen LogP contribution in [-0.2, 0) is 14.4 Å². The quantitative estimate of drug-likeness (QED) is 0.119. The molecule has 3 N–H and O–H groups in total. The molecule has 0 saturated heterocycles. The molecule has 0 aliphatic heterocycles. The van der Waals surface area contributed by atoms with Crippen molar-refractivity contribution in [2.45, 2.75) is 39.0 Å². The van der Waals surface area contributed by atoms with Crippen molar-refractivity contribution in [3.63, 3.8) is 0 Å². The molecule has 1 unspecified atom stereocenters. The second kappa shape index (κ2) is 15.9. The maximum Gasteiger partial charge on any atom is 1.00 e. The molecule has 0 saturated carbocycles. The predicted molar refractivity (Wildman–Crippen MR) is 90.4 cm³/mol. The van der Waals surface area contributed by atoms with Gasteiger partial charge in [0.25, 0.3) is 0 Å². The van der Waals surface area contributed by atoms with Crippen LogP contribution in [0.15, 0.2) is 12.2 Å². The Morgan fingerprint density at radius 2 is 1.77 bits per heavy atom. The smallest absolute Gasteiger partial charge is 0.550 e. The second-order valence-electron chi connectivity index (χ2n) is 6.06. The van der Waals surface area contributed by atoms with Gasteiger partial charge in [-0.1, -0.05) is 25.8 Å². The van der Waals surface area contributed by atoms with E-state index in [-0.39, 0.29) is 74.9 Å². The van der Waals surface area contributed by atoms with Gasteiger partial charge in [0.05, 0.1) is 39.2 Å². The van der Waals surface area contributed by atoms with E-state index < -0.39 is 11.9 Å². The Hall–Kier alpha value is -1.33. The van der Waals surface area contributed by atoms with Crippen LogP contribution in [0.2, 0.25) is 0 Å². The van der Waals surface area contributed by atoms with E-state index in [0.29, 0.717) is 6.54 Å². The number of carboxylic acids is 2. The van der Waals surface area contributed by atoms with E-state index in [0.717, 1.165) is 19.3 Å². The summed E-state index contributed by atoms with van der Waals surface area (Å²) >= 11 is 0. The largest absolute Gasteiger partial charge is 1.00 e. The molecule has 0 aliphatic rings.